The van der Waals surface area contributed by atoms with E-state index in [0.717, 1.165) is 0 Å². The van der Waals surface area contributed by atoms with Crippen molar-refractivity contribution in [2.75, 3.05) is 6.23 Å². The molecule has 0 aromatic heterocycles. The zero-order valence-corrected chi connectivity index (χ0v) is 9.73. The zero-order valence-electron chi connectivity index (χ0n) is 8.73. The first-order valence-electron chi connectivity index (χ1n) is 4.13. The smallest absolute Gasteiger partial charge is 0.305 e. The van der Waals surface area contributed by atoms with Gasteiger partial charge in [0.05, 0.1) is 6.23 Å². The molecule has 0 saturated carbocycles. The van der Waals surface area contributed by atoms with Gasteiger partial charge >= 0.3 is 17.9 Å². The molecule has 0 rings (SSSR count). The highest BCUT2D eigenvalue weighted by atomic mass is 28.2. The van der Waals surface area contributed by atoms with E-state index in [0.29, 0.717) is 0 Å². The summed E-state index contributed by atoms with van der Waals surface area (Å²) >= 11 is 0. The van der Waals surface area contributed by atoms with Gasteiger partial charge in [-0.05, 0) is 0 Å². The third-order valence-corrected chi connectivity index (χ3v) is 1.95. The lowest BCUT2D eigenvalue weighted by Crippen LogP contribution is -2.31. The van der Waals surface area contributed by atoms with Gasteiger partial charge in [0.2, 0.25) is 15.4 Å². The maximum Gasteiger partial charge on any atom is 0.305 e. The van der Waals surface area contributed by atoms with Crippen molar-refractivity contribution in [2.45, 2.75) is 26.7 Å². The lowest BCUT2D eigenvalue weighted by atomic mass is 10.8. The number of esters is 3. The van der Waals surface area contributed by atoms with Crippen LogP contribution in [0.25, 0.3) is 0 Å². The predicted molar refractivity (Wildman–Crippen MR) is 49.7 cm³/mol. The van der Waals surface area contributed by atoms with E-state index in [4.69, 9.17) is 0 Å². The summed E-state index contributed by atoms with van der Waals surface area (Å²) in [6.07, 6.45) is 0.0561. The Kier molecular flexibility index (Phi) is 6.35. The van der Waals surface area contributed by atoms with Crippen molar-refractivity contribution < 1.29 is 28.6 Å². The third kappa shape index (κ3) is 8.94. The van der Waals surface area contributed by atoms with Crippen molar-refractivity contribution in [3.8, 4) is 0 Å². The number of carbonyl (C=O) groups excluding carboxylic acids is 3. The maximum absolute atomic E-state index is 10.6. The van der Waals surface area contributed by atoms with E-state index in [2.05, 4.69) is 14.2 Å². The van der Waals surface area contributed by atoms with Crippen LogP contribution in [-0.2, 0) is 28.6 Å². The molecule has 0 fully saturated rings. The molecule has 0 aliphatic carbocycles. The lowest BCUT2D eigenvalue weighted by molar-refractivity contribution is -0.171. The highest BCUT2D eigenvalue weighted by Gasteiger charge is 2.16. The van der Waals surface area contributed by atoms with Gasteiger partial charge in [-0.25, -0.2) is 0 Å². The molecule has 0 amide bonds. The first-order chi connectivity index (χ1) is 6.91. The van der Waals surface area contributed by atoms with Gasteiger partial charge in [-0.3, -0.25) is 14.4 Å². The summed E-state index contributed by atoms with van der Waals surface area (Å²) in [5.41, 5.74) is 0. The molecule has 0 heterocycles. The highest BCUT2D eigenvalue weighted by Crippen LogP contribution is 1.95. The quantitative estimate of drug-likeness (QED) is 0.365. The second-order valence-corrected chi connectivity index (χ2v) is 3.70. The second kappa shape index (κ2) is 6.99. The van der Waals surface area contributed by atoms with Crippen LogP contribution in [0.15, 0.2) is 0 Å². The van der Waals surface area contributed by atoms with Crippen molar-refractivity contribution in [1.82, 2.24) is 0 Å². The number of rotatable bonds is 5. The number of ether oxygens (including phenoxy) is 3. The van der Waals surface area contributed by atoms with Crippen molar-refractivity contribution >= 4 is 27.4 Å². The summed E-state index contributed by atoms with van der Waals surface area (Å²) in [5, 5.41) is 0. The van der Waals surface area contributed by atoms with Crippen LogP contribution in [0.2, 0.25) is 0 Å². The van der Waals surface area contributed by atoms with Crippen LogP contribution in [0, 0.1) is 0 Å². The van der Waals surface area contributed by atoms with Gasteiger partial charge in [-0.15, -0.1) is 0 Å². The van der Waals surface area contributed by atoms with E-state index in [1.807, 2.05) is 0 Å². The third-order valence-electron chi connectivity index (χ3n) is 1.07. The SMILES string of the molecule is CC(=O)OC[Si]C(OC(C)=O)OC(C)=O. The lowest BCUT2D eigenvalue weighted by Gasteiger charge is -2.15. The average Bonchev–Trinajstić information content (AvgIpc) is 2.00. The minimum absolute atomic E-state index is 0.0561. The minimum atomic E-state index is -0.973. The Morgan fingerprint density at radius 1 is 1.00 bits per heavy atom. The van der Waals surface area contributed by atoms with Crippen molar-refractivity contribution in [3.05, 3.63) is 0 Å². The van der Waals surface area contributed by atoms with E-state index in [-0.39, 0.29) is 15.7 Å². The van der Waals surface area contributed by atoms with Gasteiger partial charge in [0.1, 0.15) is 0 Å². The molecule has 0 aromatic rings. The molecule has 0 saturated heterocycles. The van der Waals surface area contributed by atoms with E-state index >= 15 is 0 Å². The highest BCUT2D eigenvalue weighted by molar-refractivity contribution is 6.37. The van der Waals surface area contributed by atoms with Crippen LogP contribution in [0.4, 0.5) is 0 Å². The van der Waals surface area contributed by atoms with Crippen molar-refractivity contribution in [2.24, 2.45) is 0 Å². The maximum atomic E-state index is 10.6. The molecule has 84 valence electrons. The van der Waals surface area contributed by atoms with Gasteiger partial charge in [0.15, 0.2) is 0 Å². The molecular weight excluding hydrogens is 220 g/mol. The molecule has 0 spiro atoms. The second-order valence-electron chi connectivity index (χ2n) is 2.54. The van der Waals surface area contributed by atoms with Crippen LogP contribution in [0.1, 0.15) is 20.8 Å². The first-order valence-corrected chi connectivity index (χ1v) is 5.41. The van der Waals surface area contributed by atoms with Gasteiger partial charge in [-0.2, -0.15) is 0 Å². The van der Waals surface area contributed by atoms with E-state index in [9.17, 15) is 14.4 Å². The summed E-state index contributed by atoms with van der Waals surface area (Å²) in [6.45, 7) is 3.66. The van der Waals surface area contributed by atoms with Gasteiger partial charge in [0.25, 0.3) is 0 Å². The topological polar surface area (TPSA) is 78.9 Å². The summed E-state index contributed by atoms with van der Waals surface area (Å²) in [6, 6.07) is 0. The largest absolute Gasteiger partial charge is 0.470 e. The van der Waals surface area contributed by atoms with Crippen molar-refractivity contribution in [3.63, 3.8) is 0 Å². The Morgan fingerprint density at radius 2 is 1.47 bits per heavy atom. The predicted octanol–water partition coefficient (Wildman–Crippen LogP) is -0.379. The van der Waals surface area contributed by atoms with E-state index < -0.39 is 23.8 Å². The summed E-state index contributed by atoms with van der Waals surface area (Å²) < 4.78 is 14.0. The summed E-state index contributed by atoms with van der Waals surface area (Å²) in [5.74, 6) is -2.53. The molecule has 0 N–H and O–H groups in total. The van der Waals surface area contributed by atoms with E-state index in [1.54, 1.807) is 0 Å². The normalized spacial score (nSPS) is 9.60. The molecule has 2 radical (unpaired) electrons. The summed E-state index contributed by atoms with van der Waals surface area (Å²) in [4.78, 5) is 31.7. The molecule has 0 atom stereocenters. The van der Waals surface area contributed by atoms with Gasteiger partial charge in [-0.1, -0.05) is 0 Å². The standard InChI is InChI=1S/C8H12O6Si/c1-5(9)12-4-15-8(13-6(2)10)14-7(3)11/h8H,4H2,1-3H3. The Labute approximate surface area is 89.7 Å². The van der Waals surface area contributed by atoms with Crippen LogP contribution >= 0.6 is 0 Å². The van der Waals surface area contributed by atoms with Crippen LogP contribution < -0.4 is 0 Å². The van der Waals surface area contributed by atoms with Crippen molar-refractivity contribution in [1.29, 1.82) is 0 Å². The zero-order chi connectivity index (χ0) is 11.8. The Bertz CT molecular complexity index is 236. The molecule has 0 aliphatic heterocycles. The molecular formula is C8H12O6Si. The van der Waals surface area contributed by atoms with E-state index in [1.165, 1.54) is 20.8 Å². The number of hydrogen-bond acceptors (Lipinski definition) is 6. The molecule has 0 aliphatic rings. The number of hydrogen-bond donors (Lipinski definition) is 0. The molecule has 0 unspecified atom stereocenters. The monoisotopic (exact) mass is 232 g/mol. The molecule has 7 heteroatoms. The van der Waals surface area contributed by atoms with Crippen LogP contribution in [0.3, 0.4) is 0 Å². The summed E-state index contributed by atoms with van der Waals surface area (Å²) in [7, 11) is -0.127. The molecule has 6 nitrogen and oxygen atoms in total. The Hall–Kier alpha value is -1.37. The Balaban J connectivity index is 3.94. The Morgan fingerprint density at radius 3 is 1.80 bits per heavy atom. The fourth-order valence-corrected chi connectivity index (χ4v) is 1.54. The minimum Gasteiger partial charge on any atom is -0.470 e. The first kappa shape index (κ1) is 13.6. The van der Waals surface area contributed by atoms with Crippen LogP contribution in [-0.4, -0.2) is 39.6 Å². The molecule has 15 heavy (non-hydrogen) atoms. The van der Waals surface area contributed by atoms with Crippen LogP contribution in [0.5, 0.6) is 0 Å². The number of carbonyl (C=O) groups is 3. The fourth-order valence-electron chi connectivity index (χ4n) is 0.620. The van der Waals surface area contributed by atoms with Gasteiger partial charge in [0, 0.05) is 20.8 Å². The van der Waals surface area contributed by atoms with Gasteiger partial charge < -0.3 is 14.2 Å². The molecule has 0 bridgehead atoms. The fraction of sp³-hybridized carbons (Fsp3) is 0.625. The average molecular weight is 232 g/mol. The molecule has 0 aromatic carbocycles.